The topological polar surface area (TPSA) is 111 Å². The molecule has 0 spiro atoms. The lowest BCUT2D eigenvalue weighted by Gasteiger charge is -2.06. The molecule has 0 aromatic carbocycles. The van der Waals surface area contributed by atoms with Crippen LogP contribution in [-0.4, -0.2) is 25.7 Å². The van der Waals surface area contributed by atoms with Crippen molar-refractivity contribution in [3.05, 3.63) is 36.2 Å². The lowest BCUT2D eigenvalue weighted by atomic mass is 10.3. The van der Waals surface area contributed by atoms with Gasteiger partial charge in [-0.25, -0.2) is 0 Å². The maximum absolute atomic E-state index is 11.9. The molecule has 0 aliphatic heterocycles. The molecule has 0 radical (unpaired) electrons. The molecule has 8 nitrogen and oxygen atoms in total. The molecule has 0 unspecified atom stereocenters. The van der Waals surface area contributed by atoms with Crippen LogP contribution in [-0.2, 0) is 13.1 Å². The number of aromatic nitrogens is 4. The molecule has 0 aliphatic carbocycles. The van der Waals surface area contributed by atoms with Crippen LogP contribution >= 0.6 is 0 Å². The van der Waals surface area contributed by atoms with E-state index < -0.39 is 0 Å². The minimum atomic E-state index is -0.289. The molecule has 2 aromatic heterocycles. The Bertz CT molecular complexity index is 566. The third-order valence-corrected chi connectivity index (χ3v) is 2.60. The molecule has 2 rings (SSSR count). The SMILES string of the molecule is CCn1cnnc1CNC(=O)c1cc(NN)ccn1. The van der Waals surface area contributed by atoms with Crippen molar-refractivity contribution in [1.29, 1.82) is 0 Å². The van der Waals surface area contributed by atoms with Crippen LogP contribution in [0.2, 0.25) is 0 Å². The highest BCUT2D eigenvalue weighted by atomic mass is 16.1. The van der Waals surface area contributed by atoms with Gasteiger partial charge in [-0.1, -0.05) is 0 Å². The van der Waals surface area contributed by atoms with E-state index in [1.165, 1.54) is 6.20 Å². The molecule has 0 aliphatic rings. The van der Waals surface area contributed by atoms with Gasteiger partial charge in [-0.3, -0.25) is 15.6 Å². The van der Waals surface area contributed by atoms with Gasteiger partial charge in [0, 0.05) is 12.7 Å². The monoisotopic (exact) mass is 261 g/mol. The first kappa shape index (κ1) is 13.0. The van der Waals surface area contributed by atoms with E-state index in [2.05, 4.69) is 25.9 Å². The number of hydrogen-bond acceptors (Lipinski definition) is 6. The number of hydrogen-bond donors (Lipinski definition) is 3. The Morgan fingerprint density at radius 2 is 2.37 bits per heavy atom. The average Bonchev–Trinajstić information content (AvgIpc) is 2.92. The van der Waals surface area contributed by atoms with Crippen LogP contribution in [0.25, 0.3) is 0 Å². The summed E-state index contributed by atoms with van der Waals surface area (Å²) in [5.74, 6) is 5.69. The summed E-state index contributed by atoms with van der Waals surface area (Å²) in [5, 5.41) is 10.5. The third kappa shape index (κ3) is 3.05. The van der Waals surface area contributed by atoms with E-state index in [0.717, 1.165) is 6.54 Å². The van der Waals surface area contributed by atoms with Crippen molar-refractivity contribution < 1.29 is 4.79 Å². The van der Waals surface area contributed by atoms with Crippen molar-refractivity contribution in [3.8, 4) is 0 Å². The summed E-state index contributed by atoms with van der Waals surface area (Å²) in [7, 11) is 0. The number of anilines is 1. The number of carbonyl (C=O) groups is 1. The minimum Gasteiger partial charge on any atom is -0.343 e. The highest BCUT2D eigenvalue weighted by Gasteiger charge is 2.09. The lowest BCUT2D eigenvalue weighted by molar-refractivity contribution is 0.0944. The second-order valence-electron chi connectivity index (χ2n) is 3.79. The molecule has 1 amide bonds. The molecular weight excluding hydrogens is 246 g/mol. The molecule has 8 heteroatoms. The van der Waals surface area contributed by atoms with Crippen LogP contribution in [0.1, 0.15) is 23.2 Å². The van der Waals surface area contributed by atoms with Crippen LogP contribution < -0.4 is 16.6 Å². The Kier molecular flexibility index (Phi) is 4.04. The van der Waals surface area contributed by atoms with Crippen LogP contribution in [0.3, 0.4) is 0 Å². The van der Waals surface area contributed by atoms with Gasteiger partial charge in [0.15, 0.2) is 5.82 Å². The third-order valence-electron chi connectivity index (χ3n) is 2.60. The largest absolute Gasteiger partial charge is 0.343 e. The Morgan fingerprint density at radius 1 is 1.53 bits per heavy atom. The van der Waals surface area contributed by atoms with Gasteiger partial charge in [-0.2, -0.15) is 0 Å². The van der Waals surface area contributed by atoms with E-state index >= 15 is 0 Å². The predicted molar refractivity (Wildman–Crippen MR) is 68.9 cm³/mol. The number of nitrogens with one attached hydrogen (secondary N) is 2. The molecule has 0 atom stereocenters. The summed E-state index contributed by atoms with van der Waals surface area (Å²) < 4.78 is 1.85. The summed E-state index contributed by atoms with van der Waals surface area (Å²) in [5.41, 5.74) is 3.38. The summed E-state index contributed by atoms with van der Waals surface area (Å²) in [4.78, 5) is 15.9. The Hall–Kier alpha value is -2.48. The molecule has 0 saturated heterocycles. The number of nitrogens with zero attached hydrogens (tertiary/aromatic N) is 4. The van der Waals surface area contributed by atoms with Crippen LogP contribution in [0.5, 0.6) is 0 Å². The summed E-state index contributed by atoms with van der Waals surface area (Å²) in [6.07, 6.45) is 3.14. The highest BCUT2D eigenvalue weighted by Crippen LogP contribution is 2.06. The number of nitrogens with two attached hydrogens (primary N) is 1. The zero-order chi connectivity index (χ0) is 13.7. The van der Waals surface area contributed by atoms with Gasteiger partial charge in [0.2, 0.25) is 0 Å². The fraction of sp³-hybridized carbons (Fsp3) is 0.273. The van der Waals surface area contributed by atoms with Gasteiger partial charge in [-0.05, 0) is 19.1 Å². The number of aryl methyl sites for hydroxylation is 1. The van der Waals surface area contributed by atoms with Gasteiger partial charge in [0.1, 0.15) is 12.0 Å². The van der Waals surface area contributed by atoms with Gasteiger partial charge >= 0.3 is 0 Å². The number of carbonyl (C=O) groups excluding carboxylic acids is 1. The average molecular weight is 261 g/mol. The summed E-state index contributed by atoms with van der Waals surface area (Å²) in [6.45, 7) is 3.03. The second kappa shape index (κ2) is 5.91. The fourth-order valence-corrected chi connectivity index (χ4v) is 1.57. The van der Waals surface area contributed by atoms with Crippen LogP contribution in [0.4, 0.5) is 5.69 Å². The van der Waals surface area contributed by atoms with E-state index in [9.17, 15) is 4.79 Å². The molecular formula is C11H15N7O. The van der Waals surface area contributed by atoms with E-state index in [1.807, 2.05) is 11.5 Å². The van der Waals surface area contributed by atoms with Gasteiger partial charge in [0.25, 0.3) is 5.91 Å². The Morgan fingerprint density at radius 3 is 3.11 bits per heavy atom. The minimum absolute atomic E-state index is 0.289. The zero-order valence-electron chi connectivity index (χ0n) is 10.5. The van der Waals surface area contributed by atoms with Gasteiger partial charge in [0.05, 0.1) is 12.2 Å². The van der Waals surface area contributed by atoms with Gasteiger partial charge < -0.3 is 15.3 Å². The van der Waals surface area contributed by atoms with Gasteiger partial charge in [-0.15, -0.1) is 10.2 Å². The Labute approximate surface area is 110 Å². The van der Waals surface area contributed by atoms with E-state index in [0.29, 0.717) is 18.1 Å². The van der Waals surface area contributed by atoms with Crippen molar-refractivity contribution in [2.45, 2.75) is 20.0 Å². The molecule has 4 N–H and O–H groups in total. The second-order valence-corrected chi connectivity index (χ2v) is 3.79. The highest BCUT2D eigenvalue weighted by molar-refractivity contribution is 5.92. The number of amides is 1. The number of pyridine rings is 1. The van der Waals surface area contributed by atoms with Crippen molar-refractivity contribution in [2.75, 3.05) is 5.43 Å². The van der Waals surface area contributed by atoms with Crippen molar-refractivity contribution in [1.82, 2.24) is 25.1 Å². The predicted octanol–water partition coefficient (Wildman–Crippen LogP) is -0.0914. The van der Waals surface area contributed by atoms with E-state index in [4.69, 9.17) is 5.84 Å². The maximum Gasteiger partial charge on any atom is 0.270 e. The smallest absolute Gasteiger partial charge is 0.270 e. The fourth-order valence-electron chi connectivity index (χ4n) is 1.57. The molecule has 2 heterocycles. The molecule has 0 bridgehead atoms. The van der Waals surface area contributed by atoms with Crippen molar-refractivity contribution in [3.63, 3.8) is 0 Å². The molecule has 0 saturated carbocycles. The van der Waals surface area contributed by atoms with E-state index in [1.54, 1.807) is 18.5 Å². The molecule has 0 fully saturated rings. The number of nitrogen functional groups attached to an aromatic ring is 1. The van der Waals surface area contributed by atoms with Crippen molar-refractivity contribution >= 4 is 11.6 Å². The quantitative estimate of drug-likeness (QED) is 0.512. The lowest BCUT2D eigenvalue weighted by Crippen LogP contribution is -2.25. The first-order valence-electron chi connectivity index (χ1n) is 5.82. The molecule has 2 aromatic rings. The van der Waals surface area contributed by atoms with Crippen LogP contribution in [0, 0.1) is 0 Å². The first-order chi connectivity index (χ1) is 9.24. The summed E-state index contributed by atoms with van der Waals surface area (Å²) in [6, 6.07) is 3.24. The molecule has 100 valence electrons. The van der Waals surface area contributed by atoms with Crippen LogP contribution in [0.15, 0.2) is 24.7 Å². The Balaban J connectivity index is 2.01. The zero-order valence-corrected chi connectivity index (χ0v) is 10.5. The summed E-state index contributed by atoms with van der Waals surface area (Å²) >= 11 is 0. The first-order valence-corrected chi connectivity index (χ1v) is 5.82. The maximum atomic E-state index is 11.9. The number of hydrazine groups is 1. The van der Waals surface area contributed by atoms with E-state index in [-0.39, 0.29) is 11.6 Å². The standard InChI is InChI=1S/C11H15N7O/c1-2-18-7-15-17-10(18)6-14-11(19)9-5-8(16-12)3-4-13-9/h3-5,7H,2,6,12H2,1H3,(H,13,16)(H,14,19). The number of rotatable bonds is 5. The normalized spacial score (nSPS) is 10.2. The molecule has 19 heavy (non-hydrogen) atoms. The van der Waals surface area contributed by atoms with Crippen molar-refractivity contribution in [2.24, 2.45) is 5.84 Å².